The lowest BCUT2D eigenvalue weighted by atomic mass is 10.0. The summed E-state index contributed by atoms with van der Waals surface area (Å²) in [6.45, 7) is 0. The molecule has 2 N–H and O–H groups in total. The van der Waals surface area contributed by atoms with Gasteiger partial charge in [-0.15, -0.1) is 0 Å². The van der Waals surface area contributed by atoms with Gasteiger partial charge in [-0.25, -0.2) is 8.42 Å². The fourth-order valence-electron chi connectivity index (χ4n) is 3.44. The number of piperidine rings is 1. The number of hydrogen-bond donors (Lipinski definition) is 1. The van der Waals surface area contributed by atoms with Gasteiger partial charge in [-0.2, -0.15) is 4.31 Å². The molecular formula is C14H20N2O3S. The molecule has 110 valence electrons. The number of benzene rings is 1. The Balaban J connectivity index is 1.92. The molecule has 5 nitrogen and oxygen atoms in total. The average molecular weight is 296 g/mol. The Morgan fingerprint density at radius 2 is 1.70 bits per heavy atom. The third-order valence-corrected chi connectivity index (χ3v) is 6.36. The van der Waals surface area contributed by atoms with Crippen molar-refractivity contribution in [1.82, 2.24) is 4.31 Å². The molecule has 2 heterocycles. The first-order valence-corrected chi connectivity index (χ1v) is 8.39. The van der Waals surface area contributed by atoms with E-state index in [0.29, 0.717) is 10.6 Å². The smallest absolute Gasteiger partial charge is 0.243 e. The lowest BCUT2D eigenvalue weighted by Gasteiger charge is -2.36. The molecule has 2 saturated heterocycles. The lowest BCUT2D eigenvalue weighted by molar-refractivity contribution is 0.227. The van der Waals surface area contributed by atoms with Crippen LogP contribution in [0.25, 0.3) is 0 Å². The minimum Gasteiger partial charge on any atom is -0.497 e. The van der Waals surface area contributed by atoms with Crippen molar-refractivity contribution in [1.29, 1.82) is 0 Å². The summed E-state index contributed by atoms with van der Waals surface area (Å²) < 4.78 is 32.4. The van der Waals surface area contributed by atoms with Gasteiger partial charge in [0.1, 0.15) is 5.75 Å². The molecule has 2 bridgehead atoms. The van der Waals surface area contributed by atoms with E-state index in [1.54, 1.807) is 35.7 Å². The second kappa shape index (κ2) is 5.02. The summed E-state index contributed by atoms with van der Waals surface area (Å²) >= 11 is 0. The van der Waals surface area contributed by atoms with Gasteiger partial charge in [-0.05, 0) is 49.9 Å². The molecule has 3 rings (SSSR count). The second-order valence-electron chi connectivity index (χ2n) is 5.63. The van der Waals surface area contributed by atoms with E-state index in [0.717, 1.165) is 25.7 Å². The zero-order chi connectivity index (χ0) is 14.3. The largest absolute Gasteiger partial charge is 0.497 e. The standard InChI is InChI=1S/C14H20N2O3S/c1-19-13-4-6-14(7-5-13)20(17,18)16-11-2-3-12(16)9-10(15)8-11/h4-7,10-12H,2-3,8-9,15H2,1H3. The van der Waals surface area contributed by atoms with E-state index >= 15 is 0 Å². The van der Waals surface area contributed by atoms with E-state index in [1.807, 2.05) is 0 Å². The molecule has 2 atom stereocenters. The molecule has 6 heteroatoms. The van der Waals surface area contributed by atoms with Crippen molar-refractivity contribution in [3.05, 3.63) is 24.3 Å². The van der Waals surface area contributed by atoms with Crippen LogP contribution in [0.5, 0.6) is 5.75 Å². The van der Waals surface area contributed by atoms with Crippen LogP contribution < -0.4 is 10.5 Å². The Morgan fingerprint density at radius 3 is 2.20 bits per heavy atom. The molecule has 1 aromatic rings. The van der Waals surface area contributed by atoms with Crippen LogP contribution in [0.2, 0.25) is 0 Å². The van der Waals surface area contributed by atoms with E-state index in [9.17, 15) is 8.42 Å². The van der Waals surface area contributed by atoms with Crippen molar-refractivity contribution in [2.45, 2.75) is 48.7 Å². The number of sulfonamides is 1. The Morgan fingerprint density at radius 1 is 1.15 bits per heavy atom. The molecule has 1 aromatic carbocycles. The highest BCUT2D eigenvalue weighted by molar-refractivity contribution is 7.89. The van der Waals surface area contributed by atoms with Gasteiger partial charge in [0.25, 0.3) is 0 Å². The Kier molecular flexibility index (Phi) is 3.48. The van der Waals surface area contributed by atoms with Crippen LogP contribution in [0.1, 0.15) is 25.7 Å². The van der Waals surface area contributed by atoms with Crippen LogP contribution in [0.4, 0.5) is 0 Å². The molecule has 2 aliphatic heterocycles. The van der Waals surface area contributed by atoms with Crippen LogP contribution in [0.15, 0.2) is 29.2 Å². The third kappa shape index (κ3) is 2.21. The summed E-state index contributed by atoms with van der Waals surface area (Å²) in [5.74, 6) is 0.660. The maximum atomic E-state index is 12.8. The van der Waals surface area contributed by atoms with Crippen molar-refractivity contribution in [3.8, 4) is 5.75 Å². The summed E-state index contributed by atoms with van der Waals surface area (Å²) in [6, 6.07) is 6.86. The van der Waals surface area contributed by atoms with Gasteiger partial charge < -0.3 is 10.5 Å². The lowest BCUT2D eigenvalue weighted by Crippen LogP contribution is -2.49. The molecule has 0 aliphatic carbocycles. The molecule has 20 heavy (non-hydrogen) atoms. The van der Waals surface area contributed by atoms with E-state index in [4.69, 9.17) is 10.5 Å². The molecule has 0 saturated carbocycles. The highest BCUT2D eigenvalue weighted by Crippen LogP contribution is 2.39. The van der Waals surface area contributed by atoms with Crippen LogP contribution in [0, 0.1) is 0 Å². The van der Waals surface area contributed by atoms with Gasteiger partial charge >= 0.3 is 0 Å². The van der Waals surface area contributed by atoms with Crippen LogP contribution in [-0.2, 0) is 10.0 Å². The number of hydrogen-bond acceptors (Lipinski definition) is 4. The first kappa shape index (κ1) is 13.9. The number of ether oxygens (including phenoxy) is 1. The summed E-state index contributed by atoms with van der Waals surface area (Å²) in [5.41, 5.74) is 6.00. The number of methoxy groups -OCH3 is 1. The summed E-state index contributed by atoms with van der Waals surface area (Å²) in [7, 11) is -1.86. The van der Waals surface area contributed by atoms with Gasteiger partial charge in [0.15, 0.2) is 0 Å². The average Bonchev–Trinajstić information content (AvgIpc) is 2.72. The minimum absolute atomic E-state index is 0.0656. The van der Waals surface area contributed by atoms with Crippen molar-refractivity contribution < 1.29 is 13.2 Å². The van der Waals surface area contributed by atoms with Crippen LogP contribution in [0.3, 0.4) is 0 Å². The molecule has 0 amide bonds. The number of nitrogens with zero attached hydrogens (tertiary/aromatic N) is 1. The van der Waals surface area contributed by atoms with Gasteiger partial charge in [-0.3, -0.25) is 0 Å². The number of nitrogens with two attached hydrogens (primary N) is 1. The predicted octanol–water partition coefficient (Wildman–Crippen LogP) is 1.34. The monoisotopic (exact) mass is 296 g/mol. The van der Waals surface area contributed by atoms with E-state index in [-0.39, 0.29) is 18.1 Å². The molecule has 2 fully saturated rings. The van der Waals surface area contributed by atoms with Crippen molar-refractivity contribution in [2.24, 2.45) is 5.73 Å². The Hall–Kier alpha value is -1.11. The first-order valence-electron chi connectivity index (χ1n) is 6.95. The van der Waals surface area contributed by atoms with Gasteiger partial charge in [0.05, 0.1) is 12.0 Å². The molecular weight excluding hydrogens is 276 g/mol. The maximum absolute atomic E-state index is 12.8. The highest BCUT2D eigenvalue weighted by Gasteiger charge is 2.46. The topological polar surface area (TPSA) is 72.6 Å². The summed E-state index contributed by atoms with van der Waals surface area (Å²) in [6.07, 6.45) is 3.39. The maximum Gasteiger partial charge on any atom is 0.243 e. The molecule has 0 radical (unpaired) electrons. The molecule has 0 spiro atoms. The Labute approximate surface area is 119 Å². The normalized spacial score (nSPS) is 30.4. The first-order chi connectivity index (χ1) is 9.52. The van der Waals surface area contributed by atoms with Gasteiger partial charge in [0, 0.05) is 18.1 Å². The third-order valence-electron chi connectivity index (χ3n) is 4.34. The SMILES string of the molecule is COc1ccc(S(=O)(=O)N2C3CCC2CC(N)C3)cc1. The zero-order valence-electron chi connectivity index (χ0n) is 11.5. The van der Waals surface area contributed by atoms with Crippen molar-refractivity contribution in [3.63, 3.8) is 0 Å². The number of fused-ring (bicyclic) bond motifs is 2. The van der Waals surface area contributed by atoms with Crippen LogP contribution >= 0.6 is 0 Å². The fraction of sp³-hybridized carbons (Fsp3) is 0.571. The van der Waals surface area contributed by atoms with E-state index in [1.165, 1.54) is 0 Å². The minimum atomic E-state index is -3.42. The summed E-state index contributed by atoms with van der Waals surface area (Å²) in [4.78, 5) is 0.339. The van der Waals surface area contributed by atoms with Crippen molar-refractivity contribution >= 4 is 10.0 Å². The van der Waals surface area contributed by atoms with E-state index in [2.05, 4.69) is 0 Å². The number of rotatable bonds is 3. The predicted molar refractivity (Wildman–Crippen MR) is 76.0 cm³/mol. The Bertz CT molecular complexity index is 571. The van der Waals surface area contributed by atoms with E-state index < -0.39 is 10.0 Å². The van der Waals surface area contributed by atoms with Crippen molar-refractivity contribution in [2.75, 3.05) is 7.11 Å². The molecule has 2 aliphatic rings. The summed E-state index contributed by atoms with van der Waals surface area (Å²) in [5, 5.41) is 0. The quantitative estimate of drug-likeness (QED) is 0.913. The molecule has 2 unspecified atom stereocenters. The highest BCUT2D eigenvalue weighted by atomic mass is 32.2. The van der Waals surface area contributed by atoms with Gasteiger partial charge in [-0.1, -0.05) is 0 Å². The fourth-order valence-corrected chi connectivity index (χ4v) is 5.33. The van der Waals surface area contributed by atoms with Crippen LogP contribution in [-0.4, -0.2) is 38.0 Å². The van der Waals surface area contributed by atoms with Gasteiger partial charge in [0.2, 0.25) is 10.0 Å². The molecule has 0 aromatic heterocycles. The second-order valence-corrected chi connectivity index (χ2v) is 7.47. The zero-order valence-corrected chi connectivity index (χ0v) is 12.3.